The molecule has 9 heteroatoms. The van der Waals surface area contributed by atoms with Gasteiger partial charge in [0.25, 0.3) is 5.69 Å². The van der Waals surface area contributed by atoms with Gasteiger partial charge in [0.05, 0.1) is 29.2 Å². The van der Waals surface area contributed by atoms with Crippen molar-refractivity contribution < 1.29 is 23.6 Å². The molecule has 0 radical (unpaired) electrons. The van der Waals surface area contributed by atoms with E-state index in [0.29, 0.717) is 29.7 Å². The Kier molecular flexibility index (Phi) is 5.48. The predicted octanol–water partition coefficient (Wildman–Crippen LogP) is 3.69. The fourth-order valence-electron chi connectivity index (χ4n) is 4.33. The van der Waals surface area contributed by atoms with Gasteiger partial charge in [-0.05, 0) is 30.5 Å². The highest BCUT2D eigenvalue weighted by Gasteiger charge is 2.43. The van der Waals surface area contributed by atoms with Crippen molar-refractivity contribution in [1.29, 1.82) is 0 Å². The number of ether oxygens (including phenoxy) is 1. The van der Waals surface area contributed by atoms with Crippen LogP contribution in [0, 0.1) is 15.9 Å². The lowest BCUT2D eigenvalue weighted by molar-refractivity contribution is -0.384. The second kappa shape index (κ2) is 8.26. The third-order valence-corrected chi connectivity index (χ3v) is 5.73. The Labute approximate surface area is 182 Å². The van der Waals surface area contributed by atoms with Crippen LogP contribution in [0.3, 0.4) is 0 Å². The molecule has 0 saturated heterocycles. The van der Waals surface area contributed by atoms with Crippen LogP contribution in [0.15, 0.2) is 71.2 Å². The van der Waals surface area contributed by atoms with Gasteiger partial charge in [-0.3, -0.25) is 19.8 Å². The standard InChI is InChI=1S/C23H20FN3O5/c1-32-23(29)21-19(13-9-11-14(12-10-13)27(30)31)20-17(7-4-8-18(20)28)26(22(21)25)16-6-3-2-5-15(16)24/h2-3,5-6,9-12,19H,4,7-8,25H2,1H3/t19-/m0/s1. The molecule has 0 spiro atoms. The highest BCUT2D eigenvalue weighted by molar-refractivity contribution is 6.05. The summed E-state index contributed by atoms with van der Waals surface area (Å²) < 4.78 is 19.7. The van der Waals surface area contributed by atoms with Gasteiger partial charge >= 0.3 is 5.97 Å². The summed E-state index contributed by atoms with van der Waals surface area (Å²) in [6.07, 6.45) is 1.27. The van der Waals surface area contributed by atoms with Crippen LogP contribution >= 0.6 is 0 Å². The van der Waals surface area contributed by atoms with Crippen molar-refractivity contribution in [3.8, 4) is 0 Å². The number of benzene rings is 2. The Morgan fingerprint density at radius 2 is 1.88 bits per heavy atom. The first-order chi connectivity index (χ1) is 15.3. The Hall–Kier alpha value is -4.01. The molecule has 4 rings (SSSR count). The molecule has 1 atom stereocenters. The second-order valence-corrected chi connectivity index (χ2v) is 7.50. The molecule has 0 aromatic heterocycles. The molecule has 2 N–H and O–H groups in total. The quantitative estimate of drug-likeness (QED) is 0.441. The van der Waals surface area contributed by atoms with Gasteiger partial charge < -0.3 is 10.5 Å². The van der Waals surface area contributed by atoms with Crippen molar-refractivity contribution >= 4 is 23.1 Å². The zero-order chi connectivity index (χ0) is 23.0. The highest BCUT2D eigenvalue weighted by atomic mass is 19.1. The van der Waals surface area contributed by atoms with Crippen LogP contribution in [0.4, 0.5) is 15.8 Å². The lowest BCUT2D eigenvalue weighted by Crippen LogP contribution is -2.41. The molecule has 1 heterocycles. The Bertz CT molecular complexity index is 1190. The van der Waals surface area contributed by atoms with Gasteiger partial charge in [-0.25, -0.2) is 9.18 Å². The van der Waals surface area contributed by atoms with Gasteiger partial charge in [-0.2, -0.15) is 0 Å². The number of anilines is 1. The molecule has 2 aromatic rings. The summed E-state index contributed by atoms with van der Waals surface area (Å²) in [4.78, 5) is 37.9. The molecule has 32 heavy (non-hydrogen) atoms. The molecule has 0 amide bonds. The minimum atomic E-state index is -0.880. The third kappa shape index (κ3) is 3.41. The first kappa shape index (κ1) is 21.2. The van der Waals surface area contributed by atoms with E-state index in [4.69, 9.17) is 10.5 Å². The van der Waals surface area contributed by atoms with E-state index in [1.807, 2.05) is 0 Å². The second-order valence-electron chi connectivity index (χ2n) is 7.50. The van der Waals surface area contributed by atoms with E-state index in [9.17, 15) is 24.1 Å². The van der Waals surface area contributed by atoms with Crippen molar-refractivity contribution in [2.24, 2.45) is 5.73 Å². The molecule has 2 aromatic carbocycles. The van der Waals surface area contributed by atoms with Crippen LogP contribution in [0.25, 0.3) is 0 Å². The number of ketones is 1. The predicted molar refractivity (Wildman–Crippen MR) is 114 cm³/mol. The number of allylic oxidation sites excluding steroid dienone is 2. The van der Waals surface area contributed by atoms with Gasteiger partial charge in [0, 0.05) is 29.8 Å². The molecule has 2 aliphatic rings. The summed E-state index contributed by atoms with van der Waals surface area (Å²) in [5, 5.41) is 11.1. The normalized spacial score (nSPS) is 18.5. The number of esters is 1. The van der Waals surface area contributed by atoms with Gasteiger partial charge in [0.1, 0.15) is 11.6 Å². The van der Waals surface area contributed by atoms with Crippen molar-refractivity contribution in [1.82, 2.24) is 0 Å². The van der Waals surface area contributed by atoms with E-state index >= 15 is 0 Å². The number of rotatable bonds is 4. The summed E-state index contributed by atoms with van der Waals surface area (Å²) in [6.45, 7) is 0. The van der Waals surface area contributed by atoms with Gasteiger partial charge in [-0.15, -0.1) is 0 Å². The molecular weight excluding hydrogens is 417 g/mol. The molecular formula is C23H20FN3O5. The molecule has 0 bridgehead atoms. The number of hydrogen-bond donors (Lipinski definition) is 1. The number of nitrogens with zero attached hydrogens (tertiary/aromatic N) is 2. The summed E-state index contributed by atoms with van der Waals surface area (Å²) >= 11 is 0. The molecule has 0 saturated carbocycles. The van der Waals surface area contributed by atoms with E-state index in [-0.39, 0.29) is 35.0 Å². The van der Waals surface area contributed by atoms with Gasteiger partial charge in [0.2, 0.25) is 0 Å². The van der Waals surface area contributed by atoms with E-state index in [1.54, 1.807) is 6.07 Å². The maximum Gasteiger partial charge on any atom is 0.338 e. The number of Topliss-reactive ketones (excluding diaryl/α,β-unsaturated/α-hetero) is 1. The van der Waals surface area contributed by atoms with Crippen molar-refractivity contribution in [3.63, 3.8) is 0 Å². The van der Waals surface area contributed by atoms with Crippen molar-refractivity contribution in [2.45, 2.75) is 25.2 Å². The lowest BCUT2D eigenvalue weighted by Gasteiger charge is -2.40. The number of methoxy groups -OCH3 is 1. The van der Waals surface area contributed by atoms with Crippen LogP contribution in [0.1, 0.15) is 30.7 Å². The van der Waals surface area contributed by atoms with Gasteiger partial charge in [-0.1, -0.05) is 24.3 Å². The zero-order valence-electron chi connectivity index (χ0n) is 17.2. The Morgan fingerprint density at radius 1 is 1.19 bits per heavy atom. The SMILES string of the molecule is COC(=O)C1=C(N)N(c2ccccc2F)C2=C(C(=O)CCC2)[C@@H]1c1ccc([N+](=O)[O-])cc1. The number of carbonyl (C=O) groups excluding carboxylic acids is 2. The van der Waals surface area contributed by atoms with Crippen LogP contribution in [0.2, 0.25) is 0 Å². The average molecular weight is 437 g/mol. The number of nitro benzene ring substituents is 1. The first-order valence-electron chi connectivity index (χ1n) is 9.98. The van der Waals surface area contributed by atoms with Crippen LogP contribution in [-0.4, -0.2) is 23.8 Å². The monoisotopic (exact) mass is 437 g/mol. The van der Waals surface area contributed by atoms with Crippen LogP contribution < -0.4 is 10.6 Å². The van der Waals surface area contributed by atoms with Crippen molar-refractivity contribution in [2.75, 3.05) is 12.0 Å². The fourth-order valence-corrected chi connectivity index (χ4v) is 4.33. The van der Waals surface area contributed by atoms with Crippen LogP contribution in [0.5, 0.6) is 0 Å². The third-order valence-electron chi connectivity index (χ3n) is 5.73. The maximum atomic E-state index is 14.7. The van der Waals surface area contributed by atoms with E-state index in [1.165, 1.54) is 54.5 Å². The minimum absolute atomic E-state index is 0.0152. The summed E-state index contributed by atoms with van der Waals surface area (Å²) in [7, 11) is 1.19. The molecule has 164 valence electrons. The molecule has 1 aliphatic heterocycles. The minimum Gasteiger partial charge on any atom is -0.466 e. The summed E-state index contributed by atoms with van der Waals surface area (Å²) in [5.74, 6) is -2.44. The van der Waals surface area contributed by atoms with E-state index in [0.717, 1.165) is 0 Å². The van der Waals surface area contributed by atoms with Crippen molar-refractivity contribution in [3.05, 3.63) is 92.7 Å². The molecule has 0 unspecified atom stereocenters. The number of carbonyl (C=O) groups is 2. The number of para-hydroxylation sites is 1. The number of nitro groups is 1. The lowest BCUT2D eigenvalue weighted by atomic mass is 9.75. The Morgan fingerprint density at radius 3 is 2.50 bits per heavy atom. The number of nitrogens with two attached hydrogens (primary N) is 1. The summed E-state index contributed by atoms with van der Waals surface area (Å²) in [6, 6.07) is 11.5. The molecule has 1 aliphatic carbocycles. The molecule has 0 fully saturated rings. The molecule has 8 nitrogen and oxygen atoms in total. The largest absolute Gasteiger partial charge is 0.466 e. The van der Waals surface area contributed by atoms with E-state index < -0.39 is 22.6 Å². The topological polar surface area (TPSA) is 116 Å². The number of halogens is 1. The van der Waals surface area contributed by atoms with Gasteiger partial charge in [0.15, 0.2) is 5.78 Å². The van der Waals surface area contributed by atoms with Crippen LogP contribution in [-0.2, 0) is 14.3 Å². The fraction of sp³-hybridized carbons (Fsp3) is 0.217. The number of non-ortho nitro benzene ring substituents is 1. The zero-order valence-corrected chi connectivity index (χ0v) is 17.2. The maximum absolute atomic E-state index is 14.7. The number of hydrogen-bond acceptors (Lipinski definition) is 7. The first-order valence-corrected chi connectivity index (χ1v) is 9.98. The highest BCUT2D eigenvalue weighted by Crippen LogP contribution is 2.47. The Balaban J connectivity index is 1.99. The van der Waals surface area contributed by atoms with E-state index in [2.05, 4.69) is 0 Å². The smallest absolute Gasteiger partial charge is 0.338 e. The summed E-state index contributed by atoms with van der Waals surface area (Å²) in [5.41, 5.74) is 7.74. The average Bonchev–Trinajstić information content (AvgIpc) is 2.79.